The summed E-state index contributed by atoms with van der Waals surface area (Å²) >= 11 is 0. The monoisotopic (exact) mass is 556 g/mol. The Kier molecular flexibility index (Phi) is 6.89. The average Bonchev–Trinajstić information content (AvgIpc) is 2.82. The minimum absolute atomic E-state index is 0.00601. The van der Waals surface area contributed by atoms with E-state index in [1.54, 1.807) is 14.1 Å². The number of aliphatic hydroxyl groups excluding tert-OH is 1. The highest BCUT2D eigenvalue weighted by Gasteiger charge is 2.69. The van der Waals surface area contributed by atoms with Crippen molar-refractivity contribution in [3.8, 4) is 5.75 Å². The minimum atomic E-state index is -2.74. The van der Waals surface area contributed by atoms with E-state index >= 15 is 0 Å². The summed E-state index contributed by atoms with van der Waals surface area (Å²) in [6, 6.07) is 0.375. The van der Waals surface area contributed by atoms with Gasteiger partial charge in [-0.25, -0.2) is 0 Å². The summed E-state index contributed by atoms with van der Waals surface area (Å²) in [4.78, 5) is 72.1. The topological polar surface area (TPSA) is 182 Å². The second kappa shape index (κ2) is 9.72. The van der Waals surface area contributed by atoms with Crippen molar-refractivity contribution >= 4 is 34.7 Å². The fourth-order valence-corrected chi connectivity index (χ4v) is 7.57. The van der Waals surface area contributed by atoms with Crippen LogP contribution in [-0.4, -0.2) is 114 Å². The number of anilines is 1. The summed E-state index contributed by atoms with van der Waals surface area (Å²) in [5.74, 6) is -10.4. The van der Waals surface area contributed by atoms with Crippen molar-refractivity contribution in [2.45, 2.75) is 31.0 Å². The minimum Gasteiger partial charge on any atom is -0.507 e. The van der Waals surface area contributed by atoms with E-state index in [1.165, 1.54) is 11.0 Å². The summed E-state index contributed by atoms with van der Waals surface area (Å²) in [5, 5.41) is 32.1. The van der Waals surface area contributed by atoms with E-state index in [4.69, 9.17) is 5.73 Å². The lowest BCUT2D eigenvalue weighted by atomic mass is 9.52. The molecule has 0 spiro atoms. The maximum atomic E-state index is 13.9. The van der Waals surface area contributed by atoms with Crippen molar-refractivity contribution in [2.75, 3.05) is 52.8 Å². The van der Waals surface area contributed by atoms with E-state index in [-0.39, 0.29) is 36.7 Å². The number of likely N-dealkylation sites (tertiary alicyclic amines) is 1. The number of carbonyl (C=O) groups is 5. The van der Waals surface area contributed by atoms with E-state index in [9.17, 15) is 39.3 Å². The first kappa shape index (κ1) is 28.3. The second-order valence-corrected chi connectivity index (χ2v) is 12.2. The maximum Gasteiger partial charge on any atom is 0.235 e. The van der Waals surface area contributed by atoms with Gasteiger partial charge in [-0.15, -0.1) is 0 Å². The van der Waals surface area contributed by atoms with Crippen molar-refractivity contribution in [2.24, 2.45) is 35.3 Å². The first-order valence-electron chi connectivity index (χ1n) is 13.5. The number of amides is 1. The summed E-state index contributed by atoms with van der Waals surface area (Å²) in [6.45, 7) is 2.01. The molecule has 5 N–H and O–H groups in total. The molecule has 1 heterocycles. The van der Waals surface area contributed by atoms with Gasteiger partial charge < -0.3 is 26.0 Å². The van der Waals surface area contributed by atoms with Gasteiger partial charge in [0.25, 0.3) is 0 Å². The largest absolute Gasteiger partial charge is 0.507 e. The Bertz CT molecular complexity index is 1320. The zero-order chi connectivity index (χ0) is 29.4. The van der Waals surface area contributed by atoms with Gasteiger partial charge in [0.15, 0.2) is 34.7 Å². The van der Waals surface area contributed by atoms with Crippen LogP contribution in [0.3, 0.4) is 0 Å². The molecule has 6 atom stereocenters. The second-order valence-electron chi connectivity index (χ2n) is 12.2. The average molecular weight is 557 g/mol. The molecule has 0 bridgehead atoms. The van der Waals surface area contributed by atoms with Gasteiger partial charge in [-0.3, -0.25) is 33.8 Å². The fraction of sp³-hybridized carbons (Fsp3) is 0.607. The standard InChI is InChI=1S/C28H36N4O8/c1-30(2)21-14(10-32-8-12(9-32)11-33)7-17(34)19-15(21)5-13-6-16-22(31(3)4)24(36)20(27(29)39)26(38)28(16,40)25(37)18(13)23(19)35/h7,12-13,16,18,20,22,33-34,40H,5-6,8-11H2,1-4H3,(H2,29,39)/t13-,16-,18?,20?,22-,28-/m0/s1. The van der Waals surface area contributed by atoms with Crippen LogP contribution in [-0.2, 0) is 32.1 Å². The number of hydrogen-bond donors (Lipinski definition) is 4. The van der Waals surface area contributed by atoms with E-state index < -0.39 is 64.4 Å². The first-order chi connectivity index (χ1) is 18.7. The van der Waals surface area contributed by atoms with E-state index in [0.717, 1.165) is 11.3 Å². The van der Waals surface area contributed by atoms with Gasteiger partial charge in [-0.05, 0) is 50.0 Å². The molecule has 1 aromatic carbocycles. The van der Waals surface area contributed by atoms with Gasteiger partial charge in [-0.1, -0.05) is 0 Å². The molecule has 216 valence electrons. The molecule has 1 amide bonds. The third-order valence-electron chi connectivity index (χ3n) is 9.24. The summed E-state index contributed by atoms with van der Waals surface area (Å²) in [6.07, 6.45) is 0.214. The van der Waals surface area contributed by atoms with Crippen LogP contribution in [0.2, 0.25) is 0 Å². The van der Waals surface area contributed by atoms with Crippen LogP contribution < -0.4 is 10.6 Å². The lowest BCUT2D eigenvalue weighted by Crippen LogP contribution is -2.74. The van der Waals surface area contributed by atoms with Gasteiger partial charge in [0.1, 0.15) is 5.75 Å². The number of primary amides is 1. The smallest absolute Gasteiger partial charge is 0.235 e. The number of phenolic OH excluding ortho intramolecular Hbond substituents is 1. The predicted molar refractivity (Wildman–Crippen MR) is 142 cm³/mol. The molecule has 5 rings (SSSR count). The van der Waals surface area contributed by atoms with Gasteiger partial charge in [0.2, 0.25) is 5.91 Å². The van der Waals surface area contributed by atoms with Crippen LogP contribution in [0.15, 0.2) is 6.07 Å². The van der Waals surface area contributed by atoms with Crippen molar-refractivity contribution in [1.29, 1.82) is 0 Å². The predicted octanol–water partition coefficient (Wildman–Crippen LogP) is -1.64. The van der Waals surface area contributed by atoms with Crippen molar-refractivity contribution in [3.05, 3.63) is 22.8 Å². The van der Waals surface area contributed by atoms with Crippen LogP contribution in [0, 0.1) is 29.6 Å². The Morgan fingerprint density at radius 1 is 1.12 bits per heavy atom. The third kappa shape index (κ3) is 3.92. The molecule has 0 aromatic heterocycles. The first-order valence-corrected chi connectivity index (χ1v) is 13.5. The molecular weight excluding hydrogens is 520 g/mol. The maximum absolute atomic E-state index is 13.9. The number of aromatic hydroxyl groups is 1. The van der Waals surface area contributed by atoms with Crippen molar-refractivity contribution in [1.82, 2.24) is 9.80 Å². The zero-order valence-electron chi connectivity index (χ0n) is 23.1. The Labute approximate surface area is 231 Å². The quantitative estimate of drug-likeness (QED) is 0.295. The number of nitrogens with zero attached hydrogens (tertiary/aromatic N) is 3. The Balaban J connectivity index is 1.59. The van der Waals surface area contributed by atoms with Crippen LogP contribution >= 0.6 is 0 Å². The van der Waals surface area contributed by atoms with E-state index in [0.29, 0.717) is 25.2 Å². The molecule has 1 aromatic rings. The number of likely N-dealkylation sites (N-methyl/N-ethyl adjacent to an activating group) is 1. The molecule has 3 aliphatic carbocycles. The molecule has 3 fully saturated rings. The number of Topliss-reactive ketones (excluding diaryl/α,β-unsaturated/α-hetero) is 4. The highest BCUT2D eigenvalue weighted by Crippen LogP contribution is 2.52. The Hall–Kier alpha value is -3.19. The number of benzene rings is 1. The van der Waals surface area contributed by atoms with Crippen molar-refractivity contribution in [3.63, 3.8) is 0 Å². The summed E-state index contributed by atoms with van der Waals surface area (Å²) in [5.41, 5.74) is 4.72. The molecule has 1 saturated heterocycles. The molecule has 1 aliphatic heterocycles. The molecule has 12 nitrogen and oxygen atoms in total. The van der Waals surface area contributed by atoms with Crippen LogP contribution in [0.5, 0.6) is 5.75 Å². The summed E-state index contributed by atoms with van der Waals surface area (Å²) in [7, 11) is 6.77. The third-order valence-corrected chi connectivity index (χ3v) is 9.24. The number of rotatable bonds is 6. The Morgan fingerprint density at radius 3 is 2.33 bits per heavy atom. The number of hydrogen-bond acceptors (Lipinski definition) is 11. The summed E-state index contributed by atoms with van der Waals surface area (Å²) < 4.78 is 0. The normalized spacial score (nSPS) is 32.4. The fourth-order valence-electron chi connectivity index (χ4n) is 7.57. The number of aliphatic hydroxyl groups is 2. The molecule has 2 unspecified atom stereocenters. The number of fused-ring (bicyclic) bond motifs is 3. The van der Waals surface area contributed by atoms with Crippen LogP contribution in [0.4, 0.5) is 5.69 Å². The van der Waals surface area contributed by atoms with E-state index in [1.807, 2.05) is 19.0 Å². The van der Waals surface area contributed by atoms with Crippen LogP contribution in [0.1, 0.15) is 27.9 Å². The van der Waals surface area contributed by atoms with Gasteiger partial charge >= 0.3 is 0 Å². The number of carbonyl (C=O) groups excluding carboxylic acids is 5. The SMILES string of the molecule is CN(C)c1c(CN2CC(CO)C2)cc(O)c2c1C[C@H]1C[C@H]3[C@H](N(C)C)C(=O)C(C(N)=O)C(=O)[C@@]3(O)C(=O)C1C2=O. The zero-order valence-corrected chi connectivity index (χ0v) is 23.1. The lowest BCUT2D eigenvalue weighted by Gasteiger charge is -2.52. The molecular formula is C28H36N4O8. The molecule has 4 aliphatic rings. The molecule has 40 heavy (non-hydrogen) atoms. The lowest BCUT2D eigenvalue weighted by molar-refractivity contribution is -0.181. The van der Waals surface area contributed by atoms with E-state index in [2.05, 4.69) is 4.90 Å². The molecule has 12 heteroatoms. The van der Waals surface area contributed by atoms with Crippen LogP contribution in [0.25, 0.3) is 0 Å². The van der Waals surface area contributed by atoms with Gasteiger partial charge in [-0.2, -0.15) is 0 Å². The number of phenols is 1. The van der Waals surface area contributed by atoms with Crippen molar-refractivity contribution < 1.29 is 39.3 Å². The number of ketones is 4. The Morgan fingerprint density at radius 2 is 1.77 bits per heavy atom. The van der Waals surface area contributed by atoms with Gasteiger partial charge in [0, 0.05) is 57.9 Å². The van der Waals surface area contributed by atoms with Gasteiger partial charge in [0.05, 0.1) is 17.5 Å². The highest BCUT2D eigenvalue weighted by atomic mass is 16.3. The molecule has 0 radical (unpaired) electrons. The highest BCUT2D eigenvalue weighted by molar-refractivity contribution is 6.32. The number of nitrogens with two attached hydrogens (primary N) is 1. The molecule has 2 saturated carbocycles.